The van der Waals surface area contributed by atoms with Crippen LogP contribution in [0, 0.1) is 0 Å². The average molecular weight is 218 g/mol. The topological polar surface area (TPSA) is 47.3 Å². The first-order valence-corrected chi connectivity index (χ1v) is 5.13. The van der Waals surface area contributed by atoms with Gasteiger partial charge < -0.3 is 9.84 Å². The molecule has 2 rings (SSSR count). The van der Waals surface area contributed by atoms with E-state index in [1.54, 1.807) is 18.0 Å². The smallest absolute Gasteiger partial charge is 0.144 e. The maximum absolute atomic E-state index is 8.84. The minimum absolute atomic E-state index is 0.137. The molecule has 0 unspecified atom stereocenters. The number of nitrogens with zero attached hydrogens (tertiary/aromatic N) is 2. The highest BCUT2D eigenvalue weighted by molar-refractivity contribution is 5.46. The Hall–Kier alpha value is -1.81. The summed E-state index contributed by atoms with van der Waals surface area (Å²) in [6.07, 6.45) is 4.27. The molecule has 4 heteroatoms. The molecular formula is C12H14N2O2. The summed E-state index contributed by atoms with van der Waals surface area (Å²) in [5.74, 6) is 0.779. The van der Waals surface area contributed by atoms with Crippen LogP contribution >= 0.6 is 0 Å². The summed E-state index contributed by atoms with van der Waals surface area (Å²) < 4.78 is 7.01. The van der Waals surface area contributed by atoms with E-state index in [2.05, 4.69) is 5.10 Å². The molecule has 0 spiro atoms. The number of aliphatic hydroxyl groups is 1. The van der Waals surface area contributed by atoms with Crippen molar-refractivity contribution in [2.75, 3.05) is 13.7 Å². The lowest BCUT2D eigenvalue weighted by atomic mass is 10.2. The third-order valence-corrected chi connectivity index (χ3v) is 2.37. The zero-order chi connectivity index (χ0) is 11.4. The summed E-state index contributed by atoms with van der Waals surface area (Å²) >= 11 is 0. The second-order valence-corrected chi connectivity index (χ2v) is 3.44. The molecule has 0 aliphatic rings. The molecule has 4 nitrogen and oxygen atoms in total. The first-order chi connectivity index (χ1) is 7.85. The van der Waals surface area contributed by atoms with Gasteiger partial charge in [-0.15, -0.1) is 0 Å². The van der Waals surface area contributed by atoms with Gasteiger partial charge in [-0.05, 0) is 24.1 Å². The summed E-state index contributed by atoms with van der Waals surface area (Å²) in [5.41, 5.74) is 1.91. The van der Waals surface area contributed by atoms with E-state index in [0.717, 1.165) is 17.0 Å². The Kier molecular flexibility index (Phi) is 3.22. The van der Waals surface area contributed by atoms with Crippen molar-refractivity contribution >= 4 is 0 Å². The Morgan fingerprint density at radius 2 is 2.19 bits per heavy atom. The van der Waals surface area contributed by atoms with Crippen LogP contribution in [0.25, 0.3) is 5.69 Å². The van der Waals surface area contributed by atoms with Gasteiger partial charge >= 0.3 is 0 Å². The van der Waals surface area contributed by atoms with Gasteiger partial charge in [0.1, 0.15) is 11.4 Å². The quantitative estimate of drug-likeness (QED) is 0.844. The van der Waals surface area contributed by atoms with Gasteiger partial charge in [0, 0.05) is 12.8 Å². The number of rotatable bonds is 4. The molecule has 1 aromatic carbocycles. The Morgan fingerprint density at radius 1 is 1.38 bits per heavy atom. The van der Waals surface area contributed by atoms with E-state index in [9.17, 15) is 0 Å². The number of aliphatic hydroxyl groups excluding tert-OH is 1. The van der Waals surface area contributed by atoms with Crippen molar-refractivity contribution in [3.8, 4) is 11.4 Å². The van der Waals surface area contributed by atoms with Crippen LogP contribution in [0.5, 0.6) is 5.75 Å². The van der Waals surface area contributed by atoms with Gasteiger partial charge in [-0.1, -0.05) is 12.1 Å². The third-order valence-electron chi connectivity index (χ3n) is 2.37. The van der Waals surface area contributed by atoms with E-state index in [4.69, 9.17) is 9.84 Å². The molecule has 2 aromatic rings. The van der Waals surface area contributed by atoms with E-state index >= 15 is 0 Å². The molecule has 0 saturated heterocycles. The van der Waals surface area contributed by atoms with E-state index in [1.165, 1.54) is 0 Å². The van der Waals surface area contributed by atoms with Crippen LogP contribution in [-0.2, 0) is 6.42 Å². The van der Waals surface area contributed by atoms with Crippen molar-refractivity contribution in [2.45, 2.75) is 6.42 Å². The summed E-state index contributed by atoms with van der Waals surface area (Å²) in [6, 6.07) is 7.68. The number of benzene rings is 1. The van der Waals surface area contributed by atoms with Gasteiger partial charge in [-0.25, -0.2) is 4.68 Å². The summed E-state index contributed by atoms with van der Waals surface area (Å²) in [6.45, 7) is 0.137. The zero-order valence-corrected chi connectivity index (χ0v) is 9.13. The Morgan fingerprint density at radius 3 is 2.94 bits per heavy atom. The first kappa shape index (κ1) is 10.7. The highest BCUT2D eigenvalue weighted by Gasteiger charge is 2.05. The summed E-state index contributed by atoms with van der Waals surface area (Å²) in [5, 5.41) is 13.1. The SMILES string of the molecule is COc1ccccc1-n1cc(CCO)cn1. The van der Waals surface area contributed by atoms with Gasteiger partial charge in [-0.2, -0.15) is 5.10 Å². The standard InChI is InChI=1S/C12H14N2O2/c1-16-12-5-3-2-4-11(12)14-9-10(6-7-15)8-13-14/h2-5,8-9,15H,6-7H2,1H3. The molecule has 0 aliphatic heterocycles. The molecule has 1 heterocycles. The maximum Gasteiger partial charge on any atom is 0.144 e. The first-order valence-electron chi connectivity index (χ1n) is 5.13. The highest BCUT2D eigenvalue weighted by Crippen LogP contribution is 2.21. The van der Waals surface area contributed by atoms with E-state index in [0.29, 0.717) is 6.42 Å². The molecule has 84 valence electrons. The molecule has 0 amide bonds. The largest absolute Gasteiger partial charge is 0.494 e. The van der Waals surface area contributed by atoms with Crippen LogP contribution in [0.2, 0.25) is 0 Å². The number of para-hydroxylation sites is 2. The average Bonchev–Trinajstić information content (AvgIpc) is 2.78. The van der Waals surface area contributed by atoms with Crippen LogP contribution in [0.15, 0.2) is 36.7 Å². The number of ether oxygens (including phenoxy) is 1. The van der Waals surface area contributed by atoms with Gasteiger partial charge in [0.2, 0.25) is 0 Å². The van der Waals surface area contributed by atoms with Crippen LogP contribution in [0.4, 0.5) is 0 Å². The molecule has 0 bridgehead atoms. The van der Waals surface area contributed by atoms with Crippen molar-refractivity contribution in [1.29, 1.82) is 0 Å². The fourth-order valence-electron chi connectivity index (χ4n) is 1.57. The van der Waals surface area contributed by atoms with Crippen LogP contribution in [0.1, 0.15) is 5.56 Å². The van der Waals surface area contributed by atoms with Gasteiger partial charge in [0.05, 0.1) is 13.3 Å². The lowest BCUT2D eigenvalue weighted by molar-refractivity contribution is 0.299. The van der Waals surface area contributed by atoms with Crippen LogP contribution in [-0.4, -0.2) is 28.6 Å². The summed E-state index contributed by atoms with van der Waals surface area (Å²) in [7, 11) is 1.64. The van der Waals surface area contributed by atoms with Crippen molar-refractivity contribution in [3.05, 3.63) is 42.2 Å². The number of hydrogen-bond acceptors (Lipinski definition) is 3. The van der Waals surface area contributed by atoms with Crippen LogP contribution in [0.3, 0.4) is 0 Å². The molecular weight excluding hydrogens is 204 g/mol. The van der Waals surface area contributed by atoms with E-state index in [-0.39, 0.29) is 6.61 Å². The normalized spacial score (nSPS) is 10.4. The molecule has 1 N–H and O–H groups in total. The predicted molar refractivity (Wildman–Crippen MR) is 60.9 cm³/mol. The summed E-state index contributed by atoms with van der Waals surface area (Å²) in [4.78, 5) is 0. The van der Waals surface area contributed by atoms with Gasteiger partial charge in [-0.3, -0.25) is 0 Å². The monoisotopic (exact) mass is 218 g/mol. The minimum atomic E-state index is 0.137. The fourth-order valence-corrected chi connectivity index (χ4v) is 1.57. The van der Waals surface area contributed by atoms with Crippen molar-refractivity contribution in [1.82, 2.24) is 9.78 Å². The molecule has 0 saturated carbocycles. The third kappa shape index (κ3) is 2.06. The number of methoxy groups -OCH3 is 1. The van der Waals surface area contributed by atoms with Gasteiger partial charge in [0.15, 0.2) is 0 Å². The van der Waals surface area contributed by atoms with E-state index < -0.39 is 0 Å². The molecule has 0 atom stereocenters. The molecule has 16 heavy (non-hydrogen) atoms. The van der Waals surface area contributed by atoms with Gasteiger partial charge in [0.25, 0.3) is 0 Å². The van der Waals surface area contributed by atoms with E-state index in [1.807, 2.05) is 30.5 Å². The van der Waals surface area contributed by atoms with Crippen molar-refractivity contribution in [3.63, 3.8) is 0 Å². The lowest BCUT2D eigenvalue weighted by Crippen LogP contribution is -1.97. The highest BCUT2D eigenvalue weighted by atomic mass is 16.5. The maximum atomic E-state index is 8.84. The lowest BCUT2D eigenvalue weighted by Gasteiger charge is -2.07. The molecule has 0 aliphatic carbocycles. The fraction of sp³-hybridized carbons (Fsp3) is 0.250. The molecule has 0 radical (unpaired) electrons. The Labute approximate surface area is 94.1 Å². The second kappa shape index (κ2) is 4.81. The van der Waals surface area contributed by atoms with Crippen molar-refractivity contribution < 1.29 is 9.84 Å². The Balaban J connectivity index is 2.34. The number of hydrogen-bond donors (Lipinski definition) is 1. The zero-order valence-electron chi connectivity index (χ0n) is 9.13. The van der Waals surface area contributed by atoms with Crippen LogP contribution < -0.4 is 4.74 Å². The number of aromatic nitrogens is 2. The molecule has 0 fully saturated rings. The van der Waals surface area contributed by atoms with Crippen molar-refractivity contribution in [2.24, 2.45) is 0 Å². The minimum Gasteiger partial charge on any atom is -0.494 e. The molecule has 1 aromatic heterocycles. The predicted octanol–water partition coefficient (Wildman–Crippen LogP) is 1.42. The second-order valence-electron chi connectivity index (χ2n) is 3.44. The Bertz CT molecular complexity index is 466.